The first kappa shape index (κ1) is 16.7. The first-order chi connectivity index (χ1) is 8.51. The lowest BCUT2D eigenvalue weighted by Gasteiger charge is -2.18. The van der Waals surface area contributed by atoms with Crippen LogP contribution in [0.25, 0.3) is 0 Å². The lowest BCUT2D eigenvalue weighted by Crippen LogP contribution is -2.48. The van der Waals surface area contributed by atoms with E-state index in [1.165, 1.54) is 7.11 Å². The van der Waals surface area contributed by atoms with Gasteiger partial charge in [-0.3, -0.25) is 0 Å². The summed E-state index contributed by atoms with van der Waals surface area (Å²) >= 11 is 0. The second-order valence-corrected chi connectivity index (χ2v) is 3.97. The Morgan fingerprint density at radius 3 is 2.17 bits per heavy atom. The van der Waals surface area contributed by atoms with Crippen LogP contribution in [0, 0.1) is 0 Å². The topological polar surface area (TPSA) is 96.9 Å². The van der Waals surface area contributed by atoms with Gasteiger partial charge in [0.2, 0.25) is 0 Å². The van der Waals surface area contributed by atoms with Crippen LogP contribution in [0.15, 0.2) is 0 Å². The van der Waals surface area contributed by atoms with E-state index in [2.05, 4.69) is 10.6 Å². The molecule has 7 nitrogen and oxygen atoms in total. The molecule has 0 aromatic rings. The van der Waals surface area contributed by atoms with Crippen molar-refractivity contribution in [1.82, 2.24) is 10.6 Å². The number of urea groups is 1. The van der Waals surface area contributed by atoms with Crippen molar-refractivity contribution in [2.45, 2.75) is 31.8 Å². The molecule has 3 N–H and O–H groups in total. The first-order valence-corrected chi connectivity index (χ1v) is 5.79. The fraction of sp³-hybridized carbons (Fsp3) is 0.818. The van der Waals surface area contributed by atoms with Crippen molar-refractivity contribution in [2.75, 3.05) is 27.4 Å². The van der Waals surface area contributed by atoms with Gasteiger partial charge in [0.1, 0.15) is 6.04 Å². The minimum Gasteiger partial charge on any atom is -0.480 e. The maximum Gasteiger partial charge on any atom is 0.326 e. The van der Waals surface area contributed by atoms with Gasteiger partial charge < -0.3 is 25.2 Å². The largest absolute Gasteiger partial charge is 0.480 e. The fourth-order valence-electron chi connectivity index (χ4n) is 1.28. The number of hydrogen-bond donors (Lipinski definition) is 3. The first-order valence-electron chi connectivity index (χ1n) is 5.79. The molecule has 0 aromatic heterocycles. The number of hydrogen-bond acceptors (Lipinski definition) is 4. The molecule has 0 saturated heterocycles. The zero-order valence-electron chi connectivity index (χ0n) is 11.1. The molecule has 2 amide bonds. The summed E-state index contributed by atoms with van der Waals surface area (Å²) in [4.78, 5) is 22.4. The van der Waals surface area contributed by atoms with Gasteiger partial charge in [0, 0.05) is 39.9 Å². The lowest BCUT2D eigenvalue weighted by atomic mass is 10.2. The average Bonchev–Trinajstić information content (AvgIpc) is 2.31. The number of methoxy groups -OCH3 is 2. The van der Waals surface area contributed by atoms with E-state index in [1.807, 2.05) is 6.92 Å². The Morgan fingerprint density at radius 2 is 1.67 bits per heavy atom. The van der Waals surface area contributed by atoms with Crippen molar-refractivity contribution < 1.29 is 24.2 Å². The van der Waals surface area contributed by atoms with Crippen LogP contribution in [0.2, 0.25) is 0 Å². The zero-order chi connectivity index (χ0) is 14.0. The summed E-state index contributed by atoms with van der Waals surface area (Å²) < 4.78 is 9.67. The summed E-state index contributed by atoms with van der Waals surface area (Å²) in [6.07, 6.45) is 0.894. The highest BCUT2D eigenvalue weighted by atomic mass is 16.5. The van der Waals surface area contributed by atoms with E-state index in [0.29, 0.717) is 13.0 Å². The SMILES string of the molecule is COCCC(C)NC(=O)NC(CCOC)C(=O)O. The summed E-state index contributed by atoms with van der Waals surface area (Å²) in [5, 5.41) is 13.9. The normalized spacial score (nSPS) is 13.7. The van der Waals surface area contributed by atoms with Gasteiger partial charge in [-0.05, 0) is 13.3 Å². The summed E-state index contributed by atoms with van der Waals surface area (Å²) in [6, 6.07) is -1.52. The molecule has 0 saturated carbocycles. The highest BCUT2D eigenvalue weighted by molar-refractivity contribution is 5.82. The van der Waals surface area contributed by atoms with Crippen LogP contribution in [0.4, 0.5) is 4.79 Å². The van der Waals surface area contributed by atoms with E-state index in [0.717, 1.165) is 0 Å². The van der Waals surface area contributed by atoms with Crippen LogP contribution in [0.5, 0.6) is 0 Å². The number of carbonyl (C=O) groups is 2. The Hall–Kier alpha value is -1.34. The predicted octanol–water partition coefficient (Wildman–Crippen LogP) is 0.200. The molecule has 0 heterocycles. The summed E-state index contributed by atoms with van der Waals surface area (Å²) in [5.74, 6) is -1.08. The third-order valence-corrected chi connectivity index (χ3v) is 2.35. The molecule has 0 aliphatic rings. The van der Waals surface area contributed by atoms with Crippen LogP contribution in [-0.2, 0) is 14.3 Å². The standard InChI is InChI=1S/C11H22N2O5/c1-8(4-6-17-2)12-11(16)13-9(10(14)15)5-7-18-3/h8-9H,4-7H2,1-3H3,(H,14,15)(H2,12,13,16). The van der Waals surface area contributed by atoms with Crippen molar-refractivity contribution in [3.05, 3.63) is 0 Å². The summed E-state index contributed by atoms with van der Waals surface area (Å²) in [5.41, 5.74) is 0. The van der Waals surface area contributed by atoms with Gasteiger partial charge in [-0.1, -0.05) is 0 Å². The van der Waals surface area contributed by atoms with Crippen LogP contribution in [0.3, 0.4) is 0 Å². The highest BCUT2D eigenvalue weighted by Gasteiger charge is 2.20. The average molecular weight is 262 g/mol. The summed E-state index contributed by atoms with van der Waals surface area (Å²) in [6.45, 7) is 2.63. The molecule has 2 atom stereocenters. The molecule has 7 heteroatoms. The number of carbonyl (C=O) groups excluding carboxylic acids is 1. The third kappa shape index (κ3) is 7.86. The molecule has 0 rings (SSSR count). The third-order valence-electron chi connectivity index (χ3n) is 2.35. The zero-order valence-corrected chi connectivity index (χ0v) is 11.1. The van der Waals surface area contributed by atoms with E-state index in [-0.39, 0.29) is 19.1 Å². The number of aliphatic carboxylic acids is 1. The highest BCUT2D eigenvalue weighted by Crippen LogP contribution is 1.95. The van der Waals surface area contributed by atoms with E-state index in [9.17, 15) is 9.59 Å². The molecule has 0 aliphatic carbocycles. The molecule has 0 aliphatic heterocycles. The lowest BCUT2D eigenvalue weighted by molar-refractivity contribution is -0.139. The van der Waals surface area contributed by atoms with Crippen molar-refractivity contribution in [2.24, 2.45) is 0 Å². The molecule has 0 aromatic carbocycles. The smallest absolute Gasteiger partial charge is 0.326 e. The molecule has 0 fully saturated rings. The number of ether oxygens (including phenoxy) is 2. The van der Waals surface area contributed by atoms with Crippen molar-refractivity contribution in [3.8, 4) is 0 Å². The molecule has 0 spiro atoms. The quantitative estimate of drug-likeness (QED) is 0.551. The van der Waals surface area contributed by atoms with Crippen molar-refractivity contribution >= 4 is 12.0 Å². The van der Waals surface area contributed by atoms with Gasteiger partial charge in [-0.25, -0.2) is 9.59 Å². The van der Waals surface area contributed by atoms with Gasteiger partial charge in [0.15, 0.2) is 0 Å². The van der Waals surface area contributed by atoms with Gasteiger partial charge >= 0.3 is 12.0 Å². The maximum atomic E-state index is 11.5. The summed E-state index contributed by atoms with van der Waals surface area (Å²) in [7, 11) is 3.06. The molecule has 18 heavy (non-hydrogen) atoms. The minimum absolute atomic E-state index is 0.0816. The Labute approximate surface area is 107 Å². The Balaban J connectivity index is 4.04. The Kier molecular flexibility index (Phi) is 8.95. The monoisotopic (exact) mass is 262 g/mol. The van der Waals surface area contributed by atoms with Crippen LogP contribution < -0.4 is 10.6 Å². The van der Waals surface area contributed by atoms with Crippen LogP contribution in [0.1, 0.15) is 19.8 Å². The van der Waals surface area contributed by atoms with Crippen LogP contribution >= 0.6 is 0 Å². The Bertz CT molecular complexity index is 260. The predicted molar refractivity (Wildman–Crippen MR) is 65.5 cm³/mol. The number of amides is 2. The van der Waals surface area contributed by atoms with E-state index < -0.39 is 18.0 Å². The Morgan fingerprint density at radius 1 is 1.11 bits per heavy atom. The number of carboxylic acid groups (broad SMARTS) is 1. The second kappa shape index (κ2) is 9.67. The maximum absolute atomic E-state index is 11.5. The van der Waals surface area contributed by atoms with Crippen molar-refractivity contribution in [1.29, 1.82) is 0 Å². The second-order valence-electron chi connectivity index (χ2n) is 3.97. The molecule has 2 unspecified atom stereocenters. The van der Waals surface area contributed by atoms with Gasteiger partial charge in [-0.2, -0.15) is 0 Å². The molecule has 0 radical (unpaired) electrons. The minimum atomic E-state index is -1.08. The van der Waals surface area contributed by atoms with Gasteiger partial charge in [0.25, 0.3) is 0 Å². The van der Waals surface area contributed by atoms with Gasteiger partial charge in [-0.15, -0.1) is 0 Å². The molecular formula is C11H22N2O5. The molecule has 0 bridgehead atoms. The molecule has 106 valence electrons. The fourth-order valence-corrected chi connectivity index (χ4v) is 1.28. The van der Waals surface area contributed by atoms with E-state index in [1.54, 1.807) is 7.11 Å². The molecular weight excluding hydrogens is 240 g/mol. The van der Waals surface area contributed by atoms with E-state index >= 15 is 0 Å². The number of nitrogens with one attached hydrogen (secondary N) is 2. The number of rotatable bonds is 9. The van der Waals surface area contributed by atoms with E-state index in [4.69, 9.17) is 14.6 Å². The number of carboxylic acids is 1. The van der Waals surface area contributed by atoms with Gasteiger partial charge in [0.05, 0.1) is 0 Å². The van der Waals surface area contributed by atoms with Crippen molar-refractivity contribution in [3.63, 3.8) is 0 Å². The van der Waals surface area contributed by atoms with Crippen LogP contribution in [-0.4, -0.2) is 56.6 Å².